The van der Waals surface area contributed by atoms with Gasteiger partial charge in [0.25, 0.3) is 0 Å². The number of amides is 1. The van der Waals surface area contributed by atoms with E-state index in [0.29, 0.717) is 6.42 Å². The van der Waals surface area contributed by atoms with Crippen molar-refractivity contribution in [3.8, 4) is 0 Å². The molecule has 0 spiro atoms. The highest BCUT2D eigenvalue weighted by Crippen LogP contribution is 2.17. The molecule has 0 aliphatic carbocycles. The minimum absolute atomic E-state index is 0.382. The largest absolute Gasteiger partial charge is 0.394 e. The summed E-state index contributed by atoms with van der Waals surface area (Å²) in [6.07, 6.45) is 80.3. The van der Waals surface area contributed by atoms with Crippen LogP contribution < -0.4 is 5.32 Å². The summed E-state index contributed by atoms with van der Waals surface area (Å²) in [5.74, 6) is -0.514. The Bertz CT molecular complexity index is 1160. The maximum atomic E-state index is 12.6. The minimum atomic E-state index is -1.11. The Morgan fingerprint density at radius 1 is 0.362 bits per heavy atom. The molecule has 5 heteroatoms. The Hall–Kier alpha value is -1.95. The van der Waals surface area contributed by atoms with Crippen LogP contribution in [0.1, 0.15) is 316 Å². The van der Waals surface area contributed by atoms with Gasteiger partial charge in [-0.3, -0.25) is 4.79 Å². The molecule has 0 aromatic carbocycles. The van der Waals surface area contributed by atoms with E-state index in [-0.39, 0.29) is 6.61 Å². The maximum absolute atomic E-state index is 12.6. The molecule has 0 bridgehead atoms. The summed E-state index contributed by atoms with van der Waals surface area (Å²) in [6.45, 7) is 4.19. The van der Waals surface area contributed by atoms with E-state index in [4.69, 9.17) is 0 Å². The second-order valence-corrected chi connectivity index (χ2v) is 20.9. The lowest BCUT2D eigenvalue weighted by Crippen LogP contribution is -2.48. The molecule has 0 radical (unpaired) electrons. The molecular formula is C64H119NO4. The lowest BCUT2D eigenvalue weighted by molar-refractivity contribution is -0.131. The number of aliphatic hydroxyl groups is 3. The van der Waals surface area contributed by atoms with E-state index in [1.54, 1.807) is 6.08 Å². The molecule has 4 N–H and O–H groups in total. The molecular weight excluding hydrogens is 847 g/mol. The molecule has 0 fully saturated rings. The molecule has 5 nitrogen and oxygen atoms in total. The van der Waals surface area contributed by atoms with Gasteiger partial charge in [0.15, 0.2) is 0 Å². The third-order valence-electron chi connectivity index (χ3n) is 14.1. The molecule has 1 amide bonds. The maximum Gasteiger partial charge on any atom is 0.249 e. The molecule has 0 heterocycles. The summed E-state index contributed by atoms with van der Waals surface area (Å²) in [7, 11) is 0. The van der Waals surface area contributed by atoms with Crippen LogP contribution in [0.25, 0.3) is 0 Å². The molecule has 3 atom stereocenters. The first kappa shape index (κ1) is 67.0. The van der Waals surface area contributed by atoms with Crippen LogP contribution in [0, 0.1) is 0 Å². The van der Waals surface area contributed by atoms with Gasteiger partial charge >= 0.3 is 0 Å². The van der Waals surface area contributed by atoms with Gasteiger partial charge in [-0.15, -0.1) is 0 Å². The highest BCUT2D eigenvalue weighted by molar-refractivity contribution is 5.80. The quantitative estimate of drug-likeness (QED) is 0.0361. The van der Waals surface area contributed by atoms with Gasteiger partial charge in [-0.25, -0.2) is 0 Å². The number of hydrogen-bond acceptors (Lipinski definition) is 4. The van der Waals surface area contributed by atoms with Crippen molar-refractivity contribution in [1.29, 1.82) is 0 Å². The van der Waals surface area contributed by atoms with Crippen LogP contribution in [0.3, 0.4) is 0 Å². The molecule has 0 saturated carbocycles. The number of allylic oxidation sites excluding steroid dienone is 9. The fourth-order valence-electron chi connectivity index (χ4n) is 9.31. The van der Waals surface area contributed by atoms with Crippen molar-refractivity contribution in [1.82, 2.24) is 5.32 Å². The highest BCUT2D eigenvalue weighted by atomic mass is 16.3. The number of hydrogen-bond donors (Lipinski definition) is 4. The number of nitrogens with one attached hydrogen (secondary N) is 1. The first-order valence-electron chi connectivity index (χ1n) is 30.6. The van der Waals surface area contributed by atoms with Crippen LogP contribution in [0.2, 0.25) is 0 Å². The Labute approximate surface area is 430 Å². The SMILES string of the molecule is CCCCCCCCCCC/C=C\C/C=C\CCCCCCCCCCCCCCCCCCC(O)C(=O)NC(CO)C(O)/C=C/CC/C=C/CC/C=C/CCCCCCCCCCCCCCC. The van der Waals surface area contributed by atoms with Gasteiger partial charge < -0.3 is 20.6 Å². The third-order valence-corrected chi connectivity index (χ3v) is 14.1. The topological polar surface area (TPSA) is 89.8 Å². The van der Waals surface area contributed by atoms with E-state index in [0.717, 1.165) is 51.4 Å². The number of rotatable bonds is 56. The first-order chi connectivity index (χ1) is 34.1. The number of carbonyl (C=O) groups excluding carboxylic acids is 1. The Balaban J connectivity index is 3.60. The van der Waals surface area contributed by atoms with E-state index in [1.165, 1.54) is 244 Å². The van der Waals surface area contributed by atoms with E-state index in [2.05, 4.69) is 67.8 Å². The molecule has 0 saturated heterocycles. The molecule has 0 aromatic rings. The predicted octanol–water partition coefficient (Wildman–Crippen LogP) is 19.3. The van der Waals surface area contributed by atoms with Gasteiger partial charge in [0.05, 0.1) is 18.8 Å². The molecule has 0 aliphatic rings. The molecule has 3 unspecified atom stereocenters. The predicted molar refractivity (Wildman–Crippen MR) is 305 cm³/mol. The van der Waals surface area contributed by atoms with Gasteiger partial charge in [0.2, 0.25) is 5.91 Å². The smallest absolute Gasteiger partial charge is 0.249 e. The van der Waals surface area contributed by atoms with Gasteiger partial charge in [0.1, 0.15) is 6.10 Å². The van der Waals surface area contributed by atoms with Crippen LogP contribution in [0.4, 0.5) is 0 Å². The summed E-state index contributed by atoms with van der Waals surface area (Å²) in [4.78, 5) is 12.6. The second kappa shape index (κ2) is 58.6. The van der Waals surface area contributed by atoms with Crippen molar-refractivity contribution >= 4 is 5.91 Å². The van der Waals surface area contributed by atoms with Crippen LogP contribution in [0.15, 0.2) is 60.8 Å². The first-order valence-corrected chi connectivity index (χ1v) is 30.6. The summed E-state index contributed by atoms with van der Waals surface area (Å²) < 4.78 is 0. The van der Waals surface area contributed by atoms with E-state index < -0.39 is 24.2 Å². The third kappa shape index (κ3) is 53.7. The van der Waals surface area contributed by atoms with E-state index in [9.17, 15) is 20.1 Å². The summed E-state index contributed by atoms with van der Waals surface area (Å²) >= 11 is 0. The van der Waals surface area contributed by atoms with E-state index in [1.807, 2.05) is 6.08 Å². The zero-order chi connectivity index (χ0) is 50.0. The highest BCUT2D eigenvalue weighted by Gasteiger charge is 2.22. The fraction of sp³-hybridized carbons (Fsp3) is 0.828. The zero-order valence-electron chi connectivity index (χ0n) is 46.2. The van der Waals surface area contributed by atoms with Gasteiger partial charge in [0, 0.05) is 0 Å². The summed E-state index contributed by atoms with van der Waals surface area (Å²) in [5, 5.41) is 33.4. The summed E-state index contributed by atoms with van der Waals surface area (Å²) in [6, 6.07) is -0.824. The van der Waals surface area contributed by atoms with Crippen LogP contribution in [-0.4, -0.2) is 46.1 Å². The van der Waals surface area contributed by atoms with Crippen molar-refractivity contribution in [3.05, 3.63) is 60.8 Å². The average Bonchev–Trinajstić information content (AvgIpc) is 3.35. The number of aliphatic hydroxyl groups excluding tert-OH is 3. The molecule has 69 heavy (non-hydrogen) atoms. The lowest BCUT2D eigenvalue weighted by atomic mass is 10.0. The standard InChI is InChI=1S/C64H119NO4/c1-3-5-7-9-11-13-15-17-19-21-23-25-27-28-29-30-31-32-33-34-35-37-39-41-43-45-47-49-51-53-55-57-59-63(68)64(69)65-61(60-66)62(67)58-56-54-52-50-48-46-44-42-40-38-36-26-24-22-20-18-16-14-12-10-8-6-4-2/h23,25,28-29,40,42,48,50,56,58,61-63,66-68H,3-22,24,26-27,30-39,41,43-47,49,51-55,57,59-60H2,1-2H3,(H,65,69)/b25-23-,29-28-,42-40+,50-48+,58-56+. The van der Waals surface area contributed by atoms with Crippen molar-refractivity contribution < 1.29 is 20.1 Å². The van der Waals surface area contributed by atoms with Crippen LogP contribution in [-0.2, 0) is 4.79 Å². The lowest BCUT2D eigenvalue weighted by Gasteiger charge is -2.21. The average molecular weight is 967 g/mol. The Morgan fingerprint density at radius 2 is 0.638 bits per heavy atom. The molecule has 404 valence electrons. The van der Waals surface area contributed by atoms with Crippen molar-refractivity contribution in [2.24, 2.45) is 0 Å². The van der Waals surface area contributed by atoms with Gasteiger partial charge in [-0.2, -0.15) is 0 Å². The summed E-state index contributed by atoms with van der Waals surface area (Å²) in [5.41, 5.74) is 0. The zero-order valence-corrected chi connectivity index (χ0v) is 46.2. The fourth-order valence-corrected chi connectivity index (χ4v) is 9.31. The van der Waals surface area contributed by atoms with Crippen LogP contribution >= 0.6 is 0 Å². The van der Waals surface area contributed by atoms with Crippen molar-refractivity contribution in [2.75, 3.05) is 6.61 Å². The van der Waals surface area contributed by atoms with Crippen LogP contribution in [0.5, 0.6) is 0 Å². The Morgan fingerprint density at radius 3 is 0.971 bits per heavy atom. The second-order valence-electron chi connectivity index (χ2n) is 20.9. The number of carbonyl (C=O) groups is 1. The van der Waals surface area contributed by atoms with Crippen molar-refractivity contribution in [3.63, 3.8) is 0 Å². The monoisotopic (exact) mass is 966 g/mol. The minimum Gasteiger partial charge on any atom is -0.394 e. The number of unbranched alkanes of at least 4 members (excludes halogenated alkanes) is 40. The van der Waals surface area contributed by atoms with Crippen molar-refractivity contribution in [2.45, 2.75) is 334 Å². The van der Waals surface area contributed by atoms with Gasteiger partial charge in [-0.05, 0) is 77.0 Å². The molecule has 0 aromatic heterocycles. The van der Waals surface area contributed by atoms with Gasteiger partial charge in [-0.1, -0.05) is 299 Å². The van der Waals surface area contributed by atoms with E-state index >= 15 is 0 Å². The molecule has 0 rings (SSSR count). The Kier molecular flexibility index (Phi) is 57.0. The molecule has 0 aliphatic heterocycles. The normalized spacial score (nSPS) is 13.6.